The maximum Gasteiger partial charge on any atom is 0.416 e. The lowest BCUT2D eigenvalue weighted by molar-refractivity contribution is -0.159. The molecule has 1 aliphatic carbocycles. The van der Waals surface area contributed by atoms with E-state index in [0.717, 1.165) is 25.0 Å². The first-order valence-corrected chi connectivity index (χ1v) is 7.34. The summed E-state index contributed by atoms with van der Waals surface area (Å²) in [4.78, 5) is 23.4. The summed E-state index contributed by atoms with van der Waals surface area (Å²) in [7, 11) is 0. The minimum absolute atomic E-state index is 0.0450. The highest BCUT2D eigenvalue weighted by atomic mass is 19.4. The Balaban J connectivity index is 2.01. The van der Waals surface area contributed by atoms with Crippen molar-refractivity contribution < 1.29 is 27.5 Å². The predicted molar refractivity (Wildman–Crippen MR) is 76.1 cm³/mol. The van der Waals surface area contributed by atoms with Crippen molar-refractivity contribution in [2.24, 2.45) is 17.6 Å². The molecule has 23 heavy (non-hydrogen) atoms. The molecule has 2 unspecified atom stereocenters. The molecule has 0 aliphatic heterocycles. The van der Waals surface area contributed by atoms with Gasteiger partial charge in [-0.05, 0) is 36.5 Å². The number of benzene rings is 1. The van der Waals surface area contributed by atoms with Gasteiger partial charge in [-0.2, -0.15) is 13.2 Å². The minimum atomic E-state index is -4.42. The van der Waals surface area contributed by atoms with Crippen LogP contribution in [0.25, 0.3) is 0 Å². The molecule has 0 aromatic heterocycles. The lowest BCUT2D eigenvalue weighted by Gasteiger charge is -2.18. The Morgan fingerprint density at radius 3 is 2.26 bits per heavy atom. The highest BCUT2D eigenvalue weighted by Crippen LogP contribution is 2.37. The number of amides is 1. The number of primary amides is 1. The van der Waals surface area contributed by atoms with Crippen molar-refractivity contribution in [1.29, 1.82) is 0 Å². The summed E-state index contributed by atoms with van der Waals surface area (Å²) in [6, 6.07) is 4.33. The van der Waals surface area contributed by atoms with Gasteiger partial charge in [-0.3, -0.25) is 9.59 Å². The summed E-state index contributed by atoms with van der Waals surface area (Å²) in [5.41, 5.74) is 4.89. The van der Waals surface area contributed by atoms with Crippen LogP contribution in [0.1, 0.15) is 30.9 Å². The number of rotatable bonds is 6. The smallest absolute Gasteiger partial charge is 0.416 e. The summed E-state index contributed by atoms with van der Waals surface area (Å²) in [5.74, 6) is -1.34. The van der Waals surface area contributed by atoms with Crippen molar-refractivity contribution in [1.82, 2.24) is 0 Å². The van der Waals surface area contributed by atoms with Crippen LogP contribution in [0.5, 0.6) is 0 Å². The maximum absolute atomic E-state index is 12.5. The Labute approximate surface area is 131 Å². The molecule has 1 aromatic rings. The van der Waals surface area contributed by atoms with Crippen molar-refractivity contribution >= 4 is 11.9 Å². The van der Waals surface area contributed by atoms with E-state index in [4.69, 9.17) is 10.5 Å². The molecule has 1 aromatic carbocycles. The molecule has 4 nitrogen and oxygen atoms in total. The first-order valence-electron chi connectivity index (χ1n) is 7.34. The minimum Gasteiger partial charge on any atom is -0.452 e. The van der Waals surface area contributed by atoms with Crippen LogP contribution >= 0.6 is 0 Å². The fourth-order valence-corrected chi connectivity index (χ4v) is 2.28. The maximum atomic E-state index is 12.5. The number of hydrogen-bond donors (Lipinski definition) is 1. The van der Waals surface area contributed by atoms with Gasteiger partial charge in [-0.15, -0.1) is 0 Å². The van der Waals surface area contributed by atoms with E-state index < -0.39 is 29.7 Å². The van der Waals surface area contributed by atoms with E-state index in [1.165, 1.54) is 12.1 Å². The number of esters is 1. The van der Waals surface area contributed by atoms with Crippen LogP contribution in [0.3, 0.4) is 0 Å². The van der Waals surface area contributed by atoms with Gasteiger partial charge < -0.3 is 10.5 Å². The van der Waals surface area contributed by atoms with Crippen molar-refractivity contribution in [3.8, 4) is 0 Å². The zero-order valence-electron chi connectivity index (χ0n) is 12.6. The Bertz CT molecular complexity index is 579. The van der Waals surface area contributed by atoms with Gasteiger partial charge in [0.15, 0.2) is 6.10 Å². The molecule has 2 N–H and O–H groups in total. The van der Waals surface area contributed by atoms with Crippen molar-refractivity contribution in [3.63, 3.8) is 0 Å². The molecule has 0 radical (unpaired) electrons. The second kappa shape index (κ2) is 6.60. The third-order valence-electron chi connectivity index (χ3n) is 3.98. The van der Waals surface area contributed by atoms with Gasteiger partial charge in [0.25, 0.3) is 5.91 Å². The molecule has 1 amide bonds. The number of hydrogen-bond acceptors (Lipinski definition) is 3. The molecule has 0 spiro atoms. The Hall–Kier alpha value is -2.05. The van der Waals surface area contributed by atoms with E-state index in [1.54, 1.807) is 6.92 Å². The average molecular weight is 329 g/mol. The summed E-state index contributed by atoms with van der Waals surface area (Å²) < 4.78 is 42.7. The topological polar surface area (TPSA) is 69.4 Å². The SMILES string of the molecule is CC(C(=O)OC(Cc1ccc(C(F)(F)F)cc1)C(N)=O)C1CC1. The zero-order valence-corrected chi connectivity index (χ0v) is 12.6. The van der Waals surface area contributed by atoms with Gasteiger partial charge in [-0.1, -0.05) is 19.1 Å². The quantitative estimate of drug-likeness (QED) is 0.816. The number of carbonyl (C=O) groups excluding carboxylic acids is 2. The Morgan fingerprint density at radius 2 is 1.83 bits per heavy atom. The molecule has 2 atom stereocenters. The molecule has 1 saturated carbocycles. The van der Waals surface area contributed by atoms with Gasteiger partial charge in [0, 0.05) is 6.42 Å². The molecule has 1 fully saturated rings. The molecule has 2 rings (SSSR count). The number of halogens is 3. The highest BCUT2D eigenvalue weighted by Gasteiger charge is 2.35. The molecular formula is C16H18F3NO3. The van der Waals surface area contributed by atoms with Crippen LogP contribution in [0.2, 0.25) is 0 Å². The van der Waals surface area contributed by atoms with Crippen LogP contribution in [-0.2, 0) is 26.9 Å². The zero-order chi connectivity index (χ0) is 17.2. The summed E-state index contributed by atoms with van der Waals surface area (Å²) in [6.45, 7) is 1.73. The molecule has 126 valence electrons. The van der Waals surface area contributed by atoms with E-state index in [2.05, 4.69) is 0 Å². The summed E-state index contributed by atoms with van der Waals surface area (Å²) >= 11 is 0. The van der Waals surface area contributed by atoms with Gasteiger partial charge in [0.2, 0.25) is 0 Å². The van der Waals surface area contributed by atoms with E-state index in [1.807, 2.05) is 0 Å². The van der Waals surface area contributed by atoms with E-state index in [9.17, 15) is 22.8 Å². The third kappa shape index (κ3) is 4.71. The number of ether oxygens (including phenoxy) is 1. The normalized spacial score (nSPS) is 17.4. The van der Waals surface area contributed by atoms with Gasteiger partial charge >= 0.3 is 12.1 Å². The molecule has 0 bridgehead atoms. The summed E-state index contributed by atoms with van der Waals surface area (Å²) in [5, 5.41) is 0. The lowest BCUT2D eigenvalue weighted by Crippen LogP contribution is -2.36. The lowest BCUT2D eigenvalue weighted by atomic mass is 10.0. The van der Waals surface area contributed by atoms with Crippen molar-refractivity contribution in [3.05, 3.63) is 35.4 Å². The molecule has 7 heteroatoms. The fraction of sp³-hybridized carbons (Fsp3) is 0.500. The van der Waals surface area contributed by atoms with Crippen molar-refractivity contribution in [2.75, 3.05) is 0 Å². The van der Waals surface area contributed by atoms with Crippen molar-refractivity contribution in [2.45, 2.75) is 38.5 Å². The fourth-order valence-electron chi connectivity index (χ4n) is 2.28. The number of carbonyl (C=O) groups is 2. The Morgan fingerprint density at radius 1 is 1.26 bits per heavy atom. The molecule has 0 heterocycles. The standard InChI is InChI=1S/C16H18F3NO3/c1-9(11-4-5-11)15(22)23-13(14(20)21)8-10-2-6-12(7-3-10)16(17,18)19/h2-3,6-7,9,11,13H,4-5,8H2,1H3,(H2,20,21). The Kier molecular flexibility index (Phi) is 4.97. The summed E-state index contributed by atoms with van der Waals surface area (Å²) in [6.07, 6.45) is -3.74. The second-order valence-corrected chi connectivity index (χ2v) is 5.85. The van der Waals surface area contributed by atoms with Crippen LogP contribution in [0, 0.1) is 11.8 Å². The van der Waals surface area contributed by atoms with E-state index in [-0.39, 0.29) is 18.3 Å². The van der Waals surface area contributed by atoms with E-state index >= 15 is 0 Å². The largest absolute Gasteiger partial charge is 0.452 e. The first kappa shape index (κ1) is 17.3. The van der Waals surface area contributed by atoms with Crippen LogP contribution in [-0.4, -0.2) is 18.0 Å². The monoisotopic (exact) mass is 329 g/mol. The van der Waals surface area contributed by atoms with E-state index in [0.29, 0.717) is 5.56 Å². The molecule has 0 saturated heterocycles. The molecular weight excluding hydrogens is 311 g/mol. The van der Waals surface area contributed by atoms with Crippen LogP contribution in [0.4, 0.5) is 13.2 Å². The molecule has 1 aliphatic rings. The van der Waals surface area contributed by atoms with Gasteiger partial charge in [-0.25, -0.2) is 0 Å². The highest BCUT2D eigenvalue weighted by molar-refractivity contribution is 5.83. The third-order valence-corrected chi connectivity index (χ3v) is 3.98. The van der Waals surface area contributed by atoms with Crippen LogP contribution in [0.15, 0.2) is 24.3 Å². The van der Waals surface area contributed by atoms with Crippen LogP contribution < -0.4 is 5.73 Å². The first-order chi connectivity index (χ1) is 10.7. The number of alkyl halides is 3. The van der Waals surface area contributed by atoms with Gasteiger partial charge in [0.1, 0.15) is 0 Å². The predicted octanol–water partition coefficient (Wildman–Crippen LogP) is 2.69. The van der Waals surface area contributed by atoms with Gasteiger partial charge in [0.05, 0.1) is 11.5 Å². The number of nitrogens with two attached hydrogens (primary N) is 1. The second-order valence-electron chi connectivity index (χ2n) is 5.85. The average Bonchev–Trinajstić information content (AvgIpc) is 3.29.